The summed E-state index contributed by atoms with van der Waals surface area (Å²) in [5.74, 6) is -1.09. The van der Waals surface area contributed by atoms with Crippen molar-refractivity contribution in [2.45, 2.75) is 12.8 Å². The van der Waals surface area contributed by atoms with Crippen LogP contribution in [0.4, 0.5) is 0 Å². The van der Waals surface area contributed by atoms with Gasteiger partial charge < -0.3 is 10.6 Å². The molecule has 2 N–H and O–H groups in total. The lowest BCUT2D eigenvalue weighted by Crippen LogP contribution is -2.43. The summed E-state index contributed by atoms with van der Waals surface area (Å²) in [4.78, 5) is 27.4. The number of rotatable bonds is 4. The molecule has 0 aromatic carbocycles. The number of likely N-dealkylation sites (tertiary alicyclic amines) is 1. The summed E-state index contributed by atoms with van der Waals surface area (Å²) >= 11 is 0. The number of primary amides is 1. The molecule has 0 saturated carbocycles. The Morgan fingerprint density at radius 2 is 1.73 bits per heavy atom. The van der Waals surface area contributed by atoms with E-state index in [9.17, 15) is 18.0 Å². The van der Waals surface area contributed by atoms with Gasteiger partial charge in [0.25, 0.3) is 0 Å². The Morgan fingerprint density at radius 1 is 1.09 bits per heavy atom. The topological polar surface area (TPSA) is 104 Å². The van der Waals surface area contributed by atoms with Crippen LogP contribution in [0.2, 0.25) is 0 Å². The fraction of sp³-hybridized carbons (Fsp3) is 0.846. The lowest BCUT2D eigenvalue weighted by atomic mass is 10.1. The van der Waals surface area contributed by atoms with Gasteiger partial charge in [0, 0.05) is 39.3 Å². The van der Waals surface area contributed by atoms with Gasteiger partial charge in [0.2, 0.25) is 21.8 Å². The molecule has 2 aliphatic rings. The number of amides is 2. The van der Waals surface area contributed by atoms with Crippen LogP contribution in [0, 0.1) is 5.92 Å². The maximum Gasteiger partial charge on any atom is 0.236 e. The number of carbonyl (C=O) groups is 2. The van der Waals surface area contributed by atoms with E-state index >= 15 is 0 Å². The van der Waals surface area contributed by atoms with Crippen molar-refractivity contribution in [3.63, 3.8) is 0 Å². The van der Waals surface area contributed by atoms with Gasteiger partial charge in [0.05, 0.1) is 18.7 Å². The fourth-order valence-electron chi connectivity index (χ4n) is 2.93. The molecule has 2 aliphatic heterocycles. The van der Waals surface area contributed by atoms with E-state index in [1.807, 2.05) is 9.80 Å². The van der Waals surface area contributed by atoms with Crippen LogP contribution >= 0.6 is 0 Å². The first-order valence-corrected chi connectivity index (χ1v) is 9.37. The maximum atomic E-state index is 12.2. The van der Waals surface area contributed by atoms with Crippen LogP contribution in [-0.4, -0.2) is 86.4 Å². The Labute approximate surface area is 131 Å². The summed E-state index contributed by atoms with van der Waals surface area (Å²) in [5.41, 5.74) is 5.37. The second kappa shape index (κ2) is 6.93. The normalized spacial score (nSPS) is 25.1. The second-order valence-electron chi connectivity index (χ2n) is 6.04. The van der Waals surface area contributed by atoms with Crippen molar-refractivity contribution in [1.82, 2.24) is 14.1 Å². The molecule has 22 heavy (non-hydrogen) atoms. The zero-order valence-corrected chi connectivity index (χ0v) is 13.7. The van der Waals surface area contributed by atoms with E-state index < -0.39 is 21.8 Å². The van der Waals surface area contributed by atoms with Crippen molar-refractivity contribution in [1.29, 1.82) is 0 Å². The summed E-state index contributed by atoms with van der Waals surface area (Å²) in [6.07, 6.45) is 3.17. The largest absolute Gasteiger partial charge is 0.369 e. The highest BCUT2D eigenvalue weighted by Crippen LogP contribution is 2.14. The maximum absolute atomic E-state index is 12.2. The van der Waals surface area contributed by atoms with E-state index in [-0.39, 0.29) is 25.5 Å². The van der Waals surface area contributed by atoms with Crippen LogP contribution in [0.3, 0.4) is 0 Å². The molecular weight excluding hydrogens is 308 g/mol. The van der Waals surface area contributed by atoms with Gasteiger partial charge in [-0.3, -0.25) is 14.5 Å². The second-order valence-corrected chi connectivity index (χ2v) is 8.03. The molecule has 0 unspecified atom stereocenters. The molecule has 8 nitrogen and oxygen atoms in total. The van der Waals surface area contributed by atoms with Gasteiger partial charge in [-0.1, -0.05) is 0 Å². The third kappa shape index (κ3) is 4.40. The van der Waals surface area contributed by atoms with Crippen LogP contribution in [0.25, 0.3) is 0 Å². The molecule has 1 atom stereocenters. The smallest absolute Gasteiger partial charge is 0.236 e. The molecule has 0 spiro atoms. The number of nitrogens with two attached hydrogens (primary N) is 1. The molecule has 0 aromatic heterocycles. The predicted molar refractivity (Wildman–Crippen MR) is 81.4 cm³/mol. The minimum Gasteiger partial charge on any atom is -0.369 e. The van der Waals surface area contributed by atoms with E-state index in [1.165, 1.54) is 4.31 Å². The van der Waals surface area contributed by atoms with Crippen molar-refractivity contribution < 1.29 is 18.0 Å². The summed E-state index contributed by atoms with van der Waals surface area (Å²) < 4.78 is 24.7. The fourth-order valence-corrected chi connectivity index (χ4v) is 3.80. The molecular formula is C13H24N4O4S. The van der Waals surface area contributed by atoms with Crippen molar-refractivity contribution in [3.05, 3.63) is 0 Å². The van der Waals surface area contributed by atoms with Crippen molar-refractivity contribution in [2.24, 2.45) is 11.7 Å². The van der Waals surface area contributed by atoms with Crippen LogP contribution in [0.15, 0.2) is 0 Å². The summed E-state index contributed by atoms with van der Waals surface area (Å²) in [7, 11) is -3.38. The lowest BCUT2D eigenvalue weighted by Gasteiger charge is -2.24. The van der Waals surface area contributed by atoms with Gasteiger partial charge in [-0.05, 0) is 12.8 Å². The van der Waals surface area contributed by atoms with E-state index in [1.54, 1.807) is 0 Å². The molecule has 2 heterocycles. The number of carbonyl (C=O) groups excluding carboxylic acids is 2. The van der Waals surface area contributed by atoms with E-state index in [2.05, 4.69) is 0 Å². The lowest BCUT2D eigenvalue weighted by molar-refractivity contribution is -0.132. The molecule has 2 amide bonds. The molecule has 0 radical (unpaired) electrons. The van der Waals surface area contributed by atoms with E-state index in [0.717, 1.165) is 32.2 Å². The van der Waals surface area contributed by atoms with E-state index in [0.29, 0.717) is 13.1 Å². The molecule has 2 saturated heterocycles. The van der Waals surface area contributed by atoms with Crippen LogP contribution in [-0.2, 0) is 19.6 Å². The van der Waals surface area contributed by atoms with Gasteiger partial charge in [-0.2, -0.15) is 0 Å². The summed E-state index contributed by atoms with van der Waals surface area (Å²) in [6.45, 7) is 2.87. The standard InChI is InChI=1S/C13H24N4O4S/c1-22(20,21)17-7-6-15(8-11(9-17)13(14)19)10-12(18)16-4-2-3-5-16/h11H,2-10H2,1H3,(H2,14,19)/t11-/m1/s1. The van der Waals surface area contributed by atoms with Gasteiger partial charge >= 0.3 is 0 Å². The van der Waals surface area contributed by atoms with Crippen molar-refractivity contribution in [3.8, 4) is 0 Å². The first kappa shape index (κ1) is 17.2. The summed E-state index contributed by atoms with van der Waals surface area (Å²) in [6, 6.07) is 0. The van der Waals surface area contributed by atoms with Gasteiger partial charge in [0.15, 0.2) is 0 Å². The molecule has 2 rings (SSSR count). The first-order valence-electron chi connectivity index (χ1n) is 7.52. The SMILES string of the molecule is CS(=O)(=O)N1CCN(CC(=O)N2CCCC2)C[C@@H](C(N)=O)C1. The van der Waals surface area contributed by atoms with Crippen molar-refractivity contribution in [2.75, 3.05) is 52.1 Å². The Morgan fingerprint density at radius 3 is 2.27 bits per heavy atom. The Balaban J connectivity index is 2.02. The monoisotopic (exact) mass is 332 g/mol. The molecule has 0 aliphatic carbocycles. The minimum absolute atomic E-state index is 0.0357. The summed E-state index contributed by atoms with van der Waals surface area (Å²) in [5, 5.41) is 0. The Hall–Kier alpha value is -1.19. The molecule has 0 aromatic rings. The number of sulfonamides is 1. The van der Waals surface area contributed by atoms with E-state index in [4.69, 9.17) is 5.73 Å². The van der Waals surface area contributed by atoms with Crippen LogP contribution in [0.1, 0.15) is 12.8 Å². The first-order chi connectivity index (χ1) is 10.3. The quantitative estimate of drug-likeness (QED) is 0.660. The van der Waals surface area contributed by atoms with Crippen molar-refractivity contribution >= 4 is 21.8 Å². The zero-order chi connectivity index (χ0) is 16.3. The van der Waals surface area contributed by atoms with Gasteiger partial charge in [0.1, 0.15) is 0 Å². The molecule has 0 bridgehead atoms. The minimum atomic E-state index is -3.38. The molecule has 9 heteroatoms. The Bertz CT molecular complexity index is 530. The van der Waals surface area contributed by atoms with Gasteiger partial charge in [-0.15, -0.1) is 0 Å². The third-order valence-corrected chi connectivity index (χ3v) is 5.53. The zero-order valence-electron chi connectivity index (χ0n) is 12.9. The number of hydrogen-bond acceptors (Lipinski definition) is 5. The number of nitrogens with zero attached hydrogens (tertiary/aromatic N) is 3. The van der Waals surface area contributed by atoms with Crippen LogP contribution < -0.4 is 5.73 Å². The Kier molecular flexibility index (Phi) is 5.41. The predicted octanol–water partition coefficient (Wildman–Crippen LogP) is -1.71. The highest BCUT2D eigenvalue weighted by molar-refractivity contribution is 7.88. The van der Waals surface area contributed by atoms with Crippen LogP contribution in [0.5, 0.6) is 0 Å². The highest BCUT2D eigenvalue weighted by Gasteiger charge is 2.32. The highest BCUT2D eigenvalue weighted by atomic mass is 32.2. The third-order valence-electron chi connectivity index (χ3n) is 4.26. The molecule has 2 fully saturated rings. The molecule has 126 valence electrons. The van der Waals surface area contributed by atoms with Gasteiger partial charge in [-0.25, -0.2) is 12.7 Å². The average Bonchev–Trinajstić information content (AvgIpc) is 2.85. The average molecular weight is 332 g/mol. The number of hydrogen-bond donors (Lipinski definition) is 1.